The summed E-state index contributed by atoms with van der Waals surface area (Å²) < 4.78 is 5.21. The summed E-state index contributed by atoms with van der Waals surface area (Å²) >= 11 is 0. The van der Waals surface area contributed by atoms with Crippen LogP contribution in [-0.4, -0.2) is 44.9 Å². The van der Waals surface area contributed by atoms with E-state index in [2.05, 4.69) is 17.0 Å². The van der Waals surface area contributed by atoms with Crippen molar-refractivity contribution in [3.63, 3.8) is 0 Å². The molecule has 0 unspecified atom stereocenters. The SMILES string of the molecule is COc1ccc(N2CC[NH+](C[C@@H](O)c3ccccc3)CC2)cc1. The molecule has 122 valence electrons. The third kappa shape index (κ3) is 4.03. The van der Waals surface area contributed by atoms with Gasteiger partial charge in [0.1, 0.15) is 18.4 Å². The number of piperazine rings is 1. The third-order valence-electron chi connectivity index (χ3n) is 4.57. The monoisotopic (exact) mass is 313 g/mol. The summed E-state index contributed by atoms with van der Waals surface area (Å²) in [6.07, 6.45) is -0.376. The fourth-order valence-electron chi connectivity index (χ4n) is 3.14. The van der Waals surface area contributed by atoms with E-state index in [0.717, 1.165) is 44.0 Å². The van der Waals surface area contributed by atoms with Gasteiger partial charge in [0.05, 0.1) is 33.3 Å². The highest BCUT2D eigenvalue weighted by Crippen LogP contribution is 2.19. The van der Waals surface area contributed by atoms with Crippen LogP contribution in [0.3, 0.4) is 0 Å². The highest BCUT2D eigenvalue weighted by molar-refractivity contribution is 5.49. The number of quaternary nitrogens is 1. The van der Waals surface area contributed by atoms with Gasteiger partial charge in [0.15, 0.2) is 0 Å². The van der Waals surface area contributed by atoms with Crippen molar-refractivity contribution in [1.29, 1.82) is 0 Å². The lowest BCUT2D eigenvalue weighted by molar-refractivity contribution is -0.904. The molecule has 0 aliphatic carbocycles. The van der Waals surface area contributed by atoms with Crippen LogP contribution in [-0.2, 0) is 0 Å². The van der Waals surface area contributed by atoms with Crippen molar-refractivity contribution in [3.05, 3.63) is 60.2 Å². The Morgan fingerprint density at radius 2 is 1.70 bits per heavy atom. The molecule has 1 heterocycles. The first-order valence-corrected chi connectivity index (χ1v) is 8.22. The summed E-state index contributed by atoms with van der Waals surface area (Å²) in [7, 11) is 1.69. The molecular formula is C19H25N2O2+. The van der Waals surface area contributed by atoms with Crippen molar-refractivity contribution in [2.24, 2.45) is 0 Å². The second-order valence-electron chi connectivity index (χ2n) is 6.07. The summed E-state index contributed by atoms with van der Waals surface area (Å²) in [4.78, 5) is 3.86. The van der Waals surface area contributed by atoms with Gasteiger partial charge < -0.3 is 19.6 Å². The number of anilines is 1. The van der Waals surface area contributed by atoms with E-state index < -0.39 is 0 Å². The maximum Gasteiger partial charge on any atom is 0.128 e. The van der Waals surface area contributed by atoms with Gasteiger partial charge in [0.25, 0.3) is 0 Å². The van der Waals surface area contributed by atoms with E-state index in [0.29, 0.717) is 0 Å². The summed E-state index contributed by atoms with van der Waals surface area (Å²) in [5, 5.41) is 10.4. The normalized spacial score (nSPS) is 17.0. The molecule has 2 aromatic carbocycles. The Labute approximate surface area is 137 Å². The molecule has 0 aromatic heterocycles. The van der Waals surface area contributed by atoms with Crippen molar-refractivity contribution in [2.75, 3.05) is 44.7 Å². The van der Waals surface area contributed by atoms with Crippen LogP contribution in [0, 0.1) is 0 Å². The van der Waals surface area contributed by atoms with E-state index in [1.807, 2.05) is 42.5 Å². The minimum absolute atomic E-state index is 0.376. The Bertz CT molecular complexity index is 593. The van der Waals surface area contributed by atoms with Crippen LogP contribution in [0.4, 0.5) is 5.69 Å². The van der Waals surface area contributed by atoms with Crippen molar-refractivity contribution >= 4 is 5.69 Å². The summed E-state index contributed by atoms with van der Waals surface area (Å²) in [6, 6.07) is 18.2. The quantitative estimate of drug-likeness (QED) is 0.869. The topological polar surface area (TPSA) is 37.1 Å². The zero-order chi connectivity index (χ0) is 16.1. The Kier molecular flexibility index (Phi) is 5.16. The van der Waals surface area contributed by atoms with Crippen LogP contribution in [0.1, 0.15) is 11.7 Å². The van der Waals surface area contributed by atoms with Gasteiger partial charge in [-0.25, -0.2) is 0 Å². The summed E-state index contributed by atoms with van der Waals surface area (Å²) in [6.45, 7) is 4.92. The first kappa shape index (κ1) is 15.8. The number of rotatable bonds is 5. The Balaban J connectivity index is 1.52. The van der Waals surface area contributed by atoms with Gasteiger partial charge in [0, 0.05) is 5.69 Å². The van der Waals surface area contributed by atoms with Crippen molar-refractivity contribution in [3.8, 4) is 5.75 Å². The van der Waals surface area contributed by atoms with Crippen LogP contribution in [0.5, 0.6) is 5.75 Å². The smallest absolute Gasteiger partial charge is 0.128 e. The Morgan fingerprint density at radius 1 is 1.04 bits per heavy atom. The molecule has 1 fully saturated rings. The predicted molar refractivity (Wildman–Crippen MR) is 92.2 cm³/mol. The number of nitrogens with one attached hydrogen (secondary N) is 1. The molecule has 1 aliphatic heterocycles. The zero-order valence-electron chi connectivity index (χ0n) is 13.6. The molecule has 0 spiro atoms. The zero-order valence-corrected chi connectivity index (χ0v) is 13.6. The van der Waals surface area contributed by atoms with Crippen LogP contribution in [0.25, 0.3) is 0 Å². The molecule has 2 aromatic rings. The maximum atomic E-state index is 10.4. The molecule has 0 radical (unpaired) electrons. The van der Waals surface area contributed by atoms with E-state index in [1.54, 1.807) is 7.11 Å². The molecule has 0 amide bonds. The van der Waals surface area contributed by atoms with E-state index >= 15 is 0 Å². The van der Waals surface area contributed by atoms with E-state index in [9.17, 15) is 5.11 Å². The lowest BCUT2D eigenvalue weighted by atomic mass is 10.1. The first-order valence-electron chi connectivity index (χ1n) is 8.22. The third-order valence-corrected chi connectivity index (χ3v) is 4.57. The van der Waals surface area contributed by atoms with Crippen LogP contribution in [0.15, 0.2) is 54.6 Å². The Morgan fingerprint density at radius 3 is 2.30 bits per heavy atom. The molecule has 0 saturated carbocycles. The van der Waals surface area contributed by atoms with E-state index in [-0.39, 0.29) is 6.10 Å². The lowest BCUT2D eigenvalue weighted by Crippen LogP contribution is -3.15. The van der Waals surface area contributed by atoms with Crippen molar-refractivity contribution in [1.82, 2.24) is 0 Å². The number of ether oxygens (including phenoxy) is 1. The standard InChI is InChI=1S/C19H24N2O2/c1-23-18-9-7-17(8-10-18)21-13-11-20(12-14-21)15-19(22)16-5-3-2-4-6-16/h2-10,19,22H,11-15H2,1H3/p+1/t19-/m1/s1. The van der Waals surface area contributed by atoms with Gasteiger partial charge in [0.2, 0.25) is 0 Å². The molecule has 1 aliphatic rings. The number of nitrogens with zero attached hydrogens (tertiary/aromatic N) is 1. The molecular weight excluding hydrogens is 288 g/mol. The highest BCUT2D eigenvalue weighted by atomic mass is 16.5. The minimum Gasteiger partial charge on any atom is -0.497 e. The number of methoxy groups -OCH3 is 1. The van der Waals surface area contributed by atoms with Crippen LogP contribution < -0.4 is 14.5 Å². The van der Waals surface area contributed by atoms with Gasteiger partial charge in [-0.1, -0.05) is 30.3 Å². The van der Waals surface area contributed by atoms with Gasteiger partial charge in [-0.2, -0.15) is 0 Å². The van der Waals surface area contributed by atoms with Gasteiger partial charge >= 0.3 is 0 Å². The second kappa shape index (κ2) is 7.49. The fourth-order valence-corrected chi connectivity index (χ4v) is 3.14. The average Bonchev–Trinajstić information content (AvgIpc) is 2.63. The second-order valence-corrected chi connectivity index (χ2v) is 6.07. The van der Waals surface area contributed by atoms with Crippen LogP contribution >= 0.6 is 0 Å². The number of aliphatic hydroxyl groups is 1. The van der Waals surface area contributed by atoms with E-state index in [1.165, 1.54) is 10.6 Å². The largest absolute Gasteiger partial charge is 0.497 e. The molecule has 0 bridgehead atoms. The minimum atomic E-state index is -0.376. The van der Waals surface area contributed by atoms with Gasteiger partial charge in [-0.3, -0.25) is 0 Å². The van der Waals surface area contributed by atoms with Crippen molar-refractivity contribution < 1.29 is 14.7 Å². The maximum absolute atomic E-state index is 10.4. The molecule has 23 heavy (non-hydrogen) atoms. The van der Waals surface area contributed by atoms with Crippen LogP contribution in [0.2, 0.25) is 0 Å². The molecule has 3 rings (SSSR count). The first-order chi connectivity index (χ1) is 11.3. The number of hydrogen-bond acceptors (Lipinski definition) is 3. The molecule has 1 atom stereocenters. The van der Waals surface area contributed by atoms with E-state index in [4.69, 9.17) is 4.74 Å². The van der Waals surface area contributed by atoms with Crippen molar-refractivity contribution in [2.45, 2.75) is 6.10 Å². The molecule has 2 N–H and O–H groups in total. The summed E-state index contributed by atoms with van der Waals surface area (Å²) in [5.41, 5.74) is 2.26. The Hall–Kier alpha value is -2.04. The highest BCUT2D eigenvalue weighted by Gasteiger charge is 2.23. The van der Waals surface area contributed by atoms with Gasteiger partial charge in [-0.15, -0.1) is 0 Å². The molecule has 1 saturated heterocycles. The number of aliphatic hydroxyl groups excluding tert-OH is 1. The van der Waals surface area contributed by atoms with Gasteiger partial charge in [-0.05, 0) is 29.8 Å². The fraction of sp³-hybridized carbons (Fsp3) is 0.368. The number of benzene rings is 2. The summed E-state index contributed by atoms with van der Waals surface area (Å²) in [5.74, 6) is 0.893. The molecule has 4 nitrogen and oxygen atoms in total. The predicted octanol–water partition coefficient (Wildman–Crippen LogP) is 1.13. The average molecular weight is 313 g/mol. The lowest BCUT2D eigenvalue weighted by Gasteiger charge is -2.34. The molecule has 4 heteroatoms. The number of hydrogen-bond donors (Lipinski definition) is 2.